The number of likely N-dealkylation sites (tertiary alicyclic amines) is 1. The molecule has 1 fully saturated rings. The first kappa shape index (κ1) is 18.8. The van der Waals surface area contributed by atoms with E-state index in [1.807, 2.05) is 0 Å². The van der Waals surface area contributed by atoms with E-state index in [0.29, 0.717) is 32.0 Å². The predicted molar refractivity (Wildman–Crippen MR) is 85.6 cm³/mol. The van der Waals surface area contributed by atoms with Crippen molar-refractivity contribution in [1.82, 2.24) is 15.5 Å². The van der Waals surface area contributed by atoms with E-state index in [1.165, 1.54) is 17.0 Å². The van der Waals surface area contributed by atoms with E-state index in [1.54, 1.807) is 13.1 Å². The highest BCUT2D eigenvalue weighted by Crippen LogP contribution is 2.20. The van der Waals surface area contributed by atoms with Crippen LogP contribution < -0.4 is 10.6 Å². The molecule has 1 aromatic carbocycles. The van der Waals surface area contributed by atoms with Crippen LogP contribution >= 0.6 is 11.6 Å². The van der Waals surface area contributed by atoms with Gasteiger partial charge >= 0.3 is 6.18 Å². The van der Waals surface area contributed by atoms with Gasteiger partial charge in [0.05, 0.1) is 11.6 Å². The minimum absolute atomic E-state index is 0.0378. The number of hydrogen-bond donors (Lipinski definition) is 2. The minimum atomic E-state index is -4.18. The third-order valence-corrected chi connectivity index (χ3v) is 3.97. The lowest BCUT2D eigenvalue weighted by Gasteiger charge is -2.19. The maximum absolute atomic E-state index is 13.1. The molecule has 0 saturated carbocycles. The molecule has 1 aliphatic heterocycles. The fraction of sp³-hybridized carbons (Fsp3) is 0.533. The molecular formula is C15H19ClF4N4. The highest BCUT2D eigenvalue weighted by Gasteiger charge is 2.34. The number of nitrogens with one attached hydrogen (secondary N) is 2. The molecule has 24 heavy (non-hydrogen) atoms. The fourth-order valence-electron chi connectivity index (χ4n) is 2.57. The Morgan fingerprint density at radius 3 is 2.79 bits per heavy atom. The molecule has 4 nitrogen and oxygen atoms in total. The lowest BCUT2D eigenvalue weighted by Crippen LogP contribution is -2.44. The second-order valence-electron chi connectivity index (χ2n) is 5.65. The number of halogens is 5. The second-order valence-corrected chi connectivity index (χ2v) is 6.06. The van der Waals surface area contributed by atoms with Crippen molar-refractivity contribution in [3.63, 3.8) is 0 Å². The van der Waals surface area contributed by atoms with Gasteiger partial charge in [-0.05, 0) is 24.1 Å². The summed E-state index contributed by atoms with van der Waals surface area (Å²) in [4.78, 5) is 5.42. The van der Waals surface area contributed by atoms with Gasteiger partial charge in [0.2, 0.25) is 0 Å². The number of rotatable bonds is 4. The van der Waals surface area contributed by atoms with Gasteiger partial charge in [0.1, 0.15) is 5.82 Å². The van der Waals surface area contributed by atoms with E-state index in [0.717, 1.165) is 5.56 Å². The van der Waals surface area contributed by atoms with E-state index < -0.39 is 18.5 Å². The van der Waals surface area contributed by atoms with E-state index >= 15 is 0 Å². The average molecular weight is 367 g/mol. The van der Waals surface area contributed by atoms with Crippen LogP contribution in [0, 0.1) is 5.82 Å². The fourth-order valence-corrected chi connectivity index (χ4v) is 2.77. The summed E-state index contributed by atoms with van der Waals surface area (Å²) in [6, 6.07) is 4.29. The Kier molecular flexibility index (Phi) is 6.28. The average Bonchev–Trinajstić information content (AvgIpc) is 2.91. The van der Waals surface area contributed by atoms with Gasteiger partial charge in [0.25, 0.3) is 0 Å². The summed E-state index contributed by atoms with van der Waals surface area (Å²) in [5, 5.41) is 6.18. The molecule has 1 aromatic rings. The normalized spacial score (nSPS) is 19.6. The molecule has 0 aromatic heterocycles. The Labute approximate surface area is 142 Å². The first-order chi connectivity index (χ1) is 11.3. The zero-order valence-corrected chi connectivity index (χ0v) is 13.9. The molecular weight excluding hydrogens is 348 g/mol. The van der Waals surface area contributed by atoms with Gasteiger partial charge in [0.15, 0.2) is 5.96 Å². The van der Waals surface area contributed by atoms with Crippen molar-refractivity contribution in [2.45, 2.75) is 25.2 Å². The van der Waals surface area contributed by atoms with Crippen molar-refractivity contribution in [3.8, 4) is 0 Å². The molecule has 0 spiro atoms. The molecule has 1 atom stereocenters. The number of nitrogens with zero attached hydrogens (tertiary/aromatic N) is 2. The molecule has 0 aliphatic carbocycles. The highest BCUT2D eigenvalue weighted by atomic mass is 35.5. The summed E-state index contributed by atoms with van der Waals surface area (Å²) in [6.45, 7) is 0.175. The van der Waals surface area contributed by atoms with Gasteiger partial charge < -0.3 is 10.6 Å². The zero-order chi connectivity index (χ0) is 17.7. The summed E-state index contributed by atoms with van der Waals surface area (Å²) in [7, 11) is 1.58. The zero-order valence-electron chi connectivity index (χ0n) is 13.1. The summed E-state index contributed by atoms with van der Waals surface area (Å²) in [6.07, 6.45) is -3.57. The number of guanidine groups is 1. The molecule has 9 heteroatoms. The molecule has 134 valence electrons. The van der Waals surface area contributed by atoms with Gasteiger partial charge in [-0.3, -0.25) is 9.89 Å². The molecule has 1 aliphatic rings. The molecule has 2 N–H and O–H groups in total. The van der Waals surface area contributed by atoms with E-state index in [9.17, 15) is 17.6 Å². The van der Waals surface area contributed by atoms with Gasteiger partial charge in [-0.25, -0.2) is 4.39 Å². The van der Waals surface area contributed by atoms with Crippen LogP contribution in [0.15, 0.2) is 23.2 Å². The van der Waals surface area contributed by atoms with Crippen LogP contribution in [0.4, 0.5) is 17.6 Å². The Hall–Kier alpha value is -1.54. The smallest absolute Gasteiger partial charge is 0.352 e. The minimum Gasteiger partial charge on any atom is -0.352 e. The van der Waals surface area contributed by atoms with Crippen molar-refractivity contribution in [3.05, 3.63) is 34.6 Å². The number of benzene rings is 1. The van der Waals surface area contributed by atoms with Crippen LogP contribution in [0.3, 0.4) is 0 Å². The quantitative estimate of drug-likeness (QED) is 0.489. The van der Waals surface area contributed by atoms with Crippen LogP contribution in [0.2, 0.25) is 5.02 Å². The topological polar surface area (TPSA) is 39.7 Å². The Morgan fingerprint density at radius 1 is 1.42 bits per heavy atom. The highest BCUT2D eigenvalue weighted by molar-refractivity contribution is 6.30. The third-order valence-electron chi connectivity index (χ3n) is 3.68. The SMILES string of the molecule is CN=C(NCc1ccc(F)c(Cl)c1)NC1CCN(CC(F)(F)F)C1. The maximum atomic E-state index is 13.1. The summed E-state index contributed by atoms with van der Waals surface area (Å²) >= 11 is 5.72. The van der Waals surface area contributed by atoms with Crippen LogP contribution in [0.5, 0.6) is 0 Å². The van der Waals surface area contributed by atoms with Gasteiger partial charge in [-0.1, -0.05) is 17.7 Å². The summed E-state index contributed by atoms with van der Waals surface area (Å²) in [5.74, 6) is -0.00654. The summed E-state index contributed by atoms with van der Waals surface area (Å²) in [5.41, 5.74) is 0.773. The van der Waals surface area contributed by atoms with Crippen LogP contribution in [0.1, 0.15) is 12.0 Å². The van der Waals surface area contributed by atoms with Crippen molar-refractivity contribution in [1.29, 1.82) is 0 Å². The molecule has 2 rings (SSSR count). The number of alkyl halides is 3. The van der Waals surface area contributed by atoms with Crippen LogP contribution in [-0.4, -0.2) is 49.8 Å². The van der Waals surface area contributed by atoms with Crippen LogP contribution in [0.25, 0.3) is 0 Å². The van der Waals surface area contributed by atoms with Gasteiger partial charge in [-0.2, -0.15) is 13.2 Å². The van der Waals surface area contributed by atoms with Gasteiger partial charge in [0, 0.05) is 32.7 Å². The second kappa shape index (κ2) is 8.02. The van der Waals surface area contributed by atoms with Crippen molar-refractivity contribution in [2.75, 3.05) is 26.7 Å². The first-order valence-electron chi connectivity index (χ1n) is 7.47. The Bertz CT molecular complexity index is 591. The predicted octanol–water partition coefficient (Wildman–Crippen LogP) is 2.78. The molecule has 1 saturated heterocycles. The van der Waals surface area contributed by atoms with Crippen molar-refractivity contribution < 1.29 is 17.6 Å². The van der Waals surface area contributed by atoms with Crippen LogP contribution in [-0.2, 0) is 6.54 Å². The third kappa shape index (κ3) is 5.83. The maximum Gasteiger partial charge on any atom is 0.401 e. The number of hydrogen-bond acceptors (Lipinski definition) is 2. The molecule has 0 radical (unpaired) electrons. The lowest BCUT2D eigenvalue weighted by atomic mass is 10.2. The summed E-state index contributed by atoms with van der Waals surface area (Å²) < 4.78 is 50.3. The molecule has 0 amide bonds. The lowest BCUT2D eigenvalue weighted by molar-refractivity contribution is -0.143. The molecule has 1 unspecified atom stereocenters. The van der Waals surface area contributed by atoms with Gasteiger partial charge in [-0.15, -0.1) is 0 Å². The van der Waals surface area contributed by atoms with E-state index in [2.05, 4.69) is 15.6 Å². The van der Waals surface area contributed by atoms with E-state index in [-0.39, 0.29) is 11.1 Å². The van der Waals surface area contributed by atoms with Crippen molar-refractivity contribution in [2.24, 2.45) is 4.99 Å². The Morgan fingerprint density at radius 2 is 2.17 bits per heavy atom. The standard InChI is InChI=1S/C15H19ClF4N4/c1-21-14(22-7-10-2-3-13(17)12(16)6-10)23-11-4-5-24(8-11)9-15(18,19)20/h2-3,6,11H,4-5,7-9H2,1H3,(H2,21,22,23). The first-order valence-corrected chi connectivity index (χ1v) is 7.85. The molecule has 0 bridgehead atoms. The Balaban J connectivity index is 1.81. The monoisotopic (exact) mass is 366 g/mol. The molecule has 1 heterocycles. The largest absolute Gasteiger partial charge is 0.401 e. The van der Waals surface area contributed by atoms with Crippen molar-refractivity contribution >= 4 is 17.6 Å². The number of aliphatic imine (C=N–C) groups is 1. The van der Waals surface area contributed by atoms with E-state index in [4.69, 9.17) is 11.6 Å².